The van der Waals surface area contributed by atoms with Crippen LogP contribution in [0.15, 0.2) is 4.42 Å². The molecule has 0 aliphatic heterocycles. The zero-order chi connectivity index (χ0) is 13.3. The molecule has 6 nitrogen and oxygen atoms in total. The molecule has 1 aromatic rings. The number of hydrogen-bond donors (Lipinski definition) is 2. The molecule has 1 saturated carbocycles. The molecule has 0 atom stereocenters. The van der Waals surface area contributed by atoms with Crippen LogP contribution in [0.5, 0.6) is 0 Å². The number of aromatic nitrogens is 2. The van der Waals surface area contributed by atoms with Crippen molar-refractivity contribution in [3.05, 3.63) is 5.89 Å². The van der Waals surface area contributed by atoms with Crippen LogP contribution in [-0.2, 0) is 11.3 Å². The van der Waals surface area contributed by atoms with E-state index < -0.39 is 0 Å². The zero-order valence-electron chi connectivity index (χ0n) is 11.7. The van der Waals surface area contributed by atoms with E-state index in [1.54, 1.807) is 0 Å². The summed E-state index contributed by atoms with van der Waals surface area (Å²) < 4.78 is 11.0. The summed E-state index contributed by atoms with van der Waals surface area (Å²) in [7, 11) is 0. The molecule has 0 bridgehead atoms. The first-order valence-corrected chi connectivity index (χ1v) is 7.23. The Morgan fingerprint density at radius 2 is 2.21 bits per heavy atom. The van der Waals surface area contributed by atoms with E-state index >= 15 is 0 Å². The van der Waals surface area contributed by atoms with Gasteiger partial charge < -0.3 is 19.8 Å². The van der Waals surface area contributed by atoms with E-state index in [1.165, 1.54) is 12.8 Å². The monoisotopic (exact) mass is 268 g/mol. The van der Waals surface area contributed by atoms with Gasteiger partial charge in [0.1, 0.15) is 0 Å². The van der Waals surface area contributed by atoms with Crippen molar-refractivity contribution < 1.29 is 9.15 Å². The van der Waals surface area contributed by atoms with Crippen LogP contribution < -0.4 is 10.6 Å². The van der Waals surface area contributed by atoms with Gasteiger partial charge in [0.15, 0.2) is 0 Å². The van der Waals surface area contributed by atoms with Gasteiger partial charge in [-0.1, -0.05) is 12.0 Å². The van der Waals surface area contributed by atoms with Gasteiger partial charge in [0, 0.05) is 19.8 Å². The van der Waals surface area contributed by atoms with Crippen molar-refractivity contribution in [1.29, 1.82) is 0 Å². The summed E-state index contributed by atoms with van der Waals surface area (Å²) >= 11 is 0. The normalized spacial score (nSPS) is 14.8. The molecule has 0 amide bonds. The molecule has 0 radical (unpaired) electrons. The van der Waals surface area contributed by atoms with E-state index in [0.29, 0.717) is 18.5 Å². The van der Waals surface area contributed by atoms with Gasteiger partial charge in [0.05, 0.1) is 6.54 Å². The second-order valence-corrected chi connectivity index (χ2v) is 4.98. The fourth-order valence-corrected chi connectivity index (χ4v) is 1.67. The lowest BCUT2D eigenvalue weighted by Gasteiger charge is -2.03. The molecule has 0 aromatic carbocycles. The van der Waals surface area contributed by atoms with Gasteiger partial charge in [0.2, 0.25) is 5.89 Å². The number of hydrogen-bond acceptors (Lipinski definition) is 6. The van der Waals surface area contributed by atoms with Gasteiger partial charge in [-0.2, -0.15) is 0 Å². The summed E-state index contributed by atoms with van der Waals surface area (Å²) in [4.78, 5) is 0. The zero-order valence-corrected chi connectivity index (χ0v) is 11.7. The smallest absolute Gasteiger partial charge is 0.315 e. The lowest BCUT2D eigenvalue weighted by atomic mass is 10.4. The van der Waals surface area contributed by atoms with Crippen molar-refractivity contribution in [1.82, 2.24) is 15.5 Å². The second kappa shape index (κ2) is 8.12. The topological polar surface area (TPSA) is 72.2 Å². The predicted octanol–water partition coefficient (Wildman–Crippen LogP) is 1.80. The first-order chi connectivity index (χ1) is 9.38. The second-order valence-electron chi connectivity index (χ2n) is 4.98. The predicted molar refractivity (Wildman–Crippen MR) is 72.9 cm³/mol. The molecule has 19 heavy (non-hydrogen) atoms. The van der Waals surface area contributed by atoms with E-state index in [-0.39, 0.29) is 0 Å². The van der Waals surface area contributed by atoms with Crippen LogP contribution in [0, 0.1) is 5.92 Å². The third kappa shape index (κ3) is 6.02. The molecular formula is C13H24N4O2. The van der Waals surface area contributed by atoms with E-state index in [1.807, 2.05) is 0 Å². The summed E-state index contributed by atoms with van der Waals surface area (Å²) in [5.41, 5.74) is 0. The molecule has 0 unspecified atom stereocenters. The summed E-state index contributed by atoms with van der Waals surface area (Å²) in [5.74, 6) is 1.46. The Labute approximate surface area is 114 Å². The Kier molecular flexibility index (Phi) is 6.10. The Morgan fingerprint density at radius 3 is 3.00 bits per heavy atom. The van der Waals surface area contributed by atoms with Crippen molar-refractivity contribution in [3.63, 3.8) is 0 Å². The third-order valence-electron chi connectivity index (χ3n) is 2.96. The minimum Gasteiger partial charge on any atom is -0.407 e. The van der Waals surface area contributed by atoms with E-state index in [9.17, 15) is 0 Å². The number of anilines is 1. The van der Waals surface area contributed by atoms with Crippen LogP contribution in [0.3, 0.4) is 0 Å². The lowest BCUT2D eigenvalue weighted by Crippen LogP contribution is -2.13. The maximum atomic E-state index is 5.55. The fourth-order valence-electron chi connectivity index (χ4n) is 1.67. The van der Waals surface area contributed by atoms with E-state index in [4.69, 9.17) is 9.15 Å². The summed E-state index contributed by atoms with van der Waals surface area (Å²) in [6.45, 7) is 6.24. The Bertz CT molecular complexity index is 352. The van der Waals surface area contributed by atoms with E-state index in [2.05, 4.69) is 27.8 Å². The first-order valence-electron chi connectivity index (χ1n) is 7.23. The van der Waals surface area contributed by atoms with Crippen molar-refractivity contribution in [2.24, 2.45) is 5.92 Å². The molecule has 0 saturated heterocycles. The summed E-state index contributed by atoms with van der Waals surface area (Å²) in [6, 6.07) is 0.496. The van der Waals surface area contributed by atoms with Crippen LogP contribution in [0.2, 0.25) is 0 Å². The standard InChI is InChI=1S/C13H24N4O2/c1-2-6-14-9-12-16-17-13(19-12)15-7-3-8-18-10-11-4-5-11/h11,14H,2-10H2,1H3,(H,15,17). The number of nitrogens with one attached hydrogen (secondary N) is 2. The molecular weight excluding hydrogens is 244 g/mol. The molecule has 0 spiro atoms. The molecule has 2 rings (SSSR count). The Balaban J connectivity index is 1.49. The SMILES string of the molecule is CCCNCc1nnc(NCCCOCC2CC2)o1. The lowest BCUT2D eigenvalue weighted by molar-refractivity contribution is 0.124. The van der Waals surface area contributed by atoms with Crippen molar-refractivity contribution in [2.75, 3.05) is 31.6 Å². The average molecular weight is 268 g/mol. The largest absolute Gasteiger partial charge is 0.407 e. The fraction of sp³-hybridized carbons (Fsp3) is 0.846. The van der Waals surface area contributed by atoms with Crippen molar-refractivity contribution >= 4 is 6.01 Å². The third-order valence-corrected chi connectivity index (χ3v) is 2.96. The minimum atomic E-state index is 0.496. The summed E-state index contributed by atoms with van der Waals surface area (Å²) in [5, 5.41) is 14.2. The number of nitrogens with zero attached hydrogens (tertiary/aromatic N) is 2. The van der Waals surface area contributed by atoms with Crippen LogP contribution in [0.4, 0.5) is 6.01 Å². The van der Waals surface area contributed by atoms with Gasteiger partial charge in [-0.25, -0.2) is 0 Å². The number of ether oxygens (including phenoxy) is 1. The van der Waals surface area contributed by atoms with Crippen LogP contribution in [0.25, 0.3) is 0 Å². The maximum Gasteiger partial charge on any atom is 0.315 e. The van der Waals surface area contributed by atoms with Gasteiger partial charge in [-0.05, 0) is 38.1 Å². The molecule has 1 aliphatic carbocycles. The van der Waals surface area contributed by atoms with Gasteiger partial charge >= 0.3 is 6.01 Å². The molecule has 2 N–H and O–H groups in total. The first kappa shape index (κ1) is 14.3. The van der Waals surface area contributed by atoms with E-state index in [0.717, 1.165) is 45.1 Å². The maximum absolute atomic E-state index is 5.55. The Morgan fingerprint density at radius 1 is 1.32 bits per heavy atom. The molecule has 1 fully saturated rings. The highest BCUT2D eigenvalue weighted by atomic mass is 16.5. The van der Waals surface area contributed by atoms with Crippen molar-refractivity contribution in [3.8, 4) is 0 Å². The van der Waals surface area contributed by atoms with Crippen LogP contribution in [0.1, 0.15) is 38.5 Å². The van der Waals surface area contributed by atoms with Gasteiger partial charge in [-0.15, -0.1) is 5.10 Å². The van der Waals surface area contributed by atoms with Crippen LogP contribution in [-0.4, -0.2) is 36.5 Å². The quantitative estimate of drug-likeness (QED) is 0.596. The van der Waals surface area contributed by atoms with Gasteiger partial charge in [-0.3, -0.25) is 0 Å². The summed E-state index contributed by atoms with van der Waals surface area (Å²) in [6.07, 6.45) is 4.74. The number of rotatable bonds is 11. The highest BCUT2D eigenvalue weighted by Gasteiger charge is 2.20. The van der Waals surface area contributed by atoms with Crippen LogP contribution >= 0.6 is 0 Å². The minimum absolute atomic E-state index is 0.496. The highest BCUT2D eigenvalue weighted by molar-refractivity contribution is 5.16. The molecule has 1 heterocycles. The Hall–Kier alpha value is -1.14. The molecule has 108 valence electrons. The van der Waals surface area contributed by atoms with Gasteiger partial charge in [0.25, 0.3) is 0 Å². The van der Waals surface area contributed by atoms with Crippen molar-refractivity contribution in [2.45, 2.75) is 39.2 Å². The average Bonchev–Trinajstić information content (AvgIpc) is 3.13. The highest BCUT2D eigenvalue weighted by Crippen LogP contribution is 2.28. The molecule has 6 heteroatoms. The molecule has 1 aromatic heterocycles. The molecule has 1 aliphatic rings.